The van der Waals surface area contributed by atoms with Gasteiger partial charge in [-0.1, -0.05) is 19.4 Å². The Morgan fingerprint density at radius 3 is 2.67 bits per heavy atom. The molecule has 0 amide bonds. The molecule has 0 unspecified atom stereocenters. The first-order valence-electron chi connectivity index (χ1n) is 8.85. The van der Waals surface area contributed by atoms with Crippen molar-refractivity contribution in [1.82, 2.24) is 0 Å². The molecular weight excluding hydrogens is 260 g/mol. The molecule has 21 heavy (non-hydrogen) atoms. The van der Waals surface area contributed by atoms with Crippen LogP contribution in [0.5, 0.6) is 0 Å². The van der Waals surface area contributed by atoms with Gasteiger partial charge in [0.05, 0.1) is 5.60 Å². The number of aliphatic hydroxyl groups is 1. The Kier molecular flexibility index (Phi) is 2.81. The summed E-state index contributed by atoms with van der Waals surface area (Å²) >= 11 is 0. The summed E-state index contributed by atoms with van der Waals surface area (Å²) in [7, 11) is 0. The lowest BCUT2D eigenvalue weighted by molar-refractivity contribution is -0.173. The first-order chi connectivity index (χ1) is 9.89. The van der Waals surface area contributed by atoms with E-state index in [4.69, 9.17) is 0 Å². The molecule has 1 N–H and O–H groups in total. The summed E-state index contributed by atoms with van der Waals surface area (Å²) in [6, 6.07) is 0. The Balaban J connectivity index is 1.74. The highest BCUT2D eigenvalue weighted by molar-refractivity contribution is 5.91. The lowest BCUT2D eigenvalue weighted by Crippen LogP contribution is -2.59. The summed E-state index contributed by atoms with van der Waals surface area (Å²) in [5, 5.41) is 11.5. The van der Waals surface area contributed by atoms with Crippen LogP contribution >= 0.6 is 0 Å². The summed E-state index contributed by atoms with van der Waals surface area (Å²) in [6.07, 6.45) is 11.6. The van der Waals surface area contributed by atoms with Gasteiger partial charge in [0.25, 0.3) is 0 Å². The van der Waals surface area contributed by atoms with Crippen LogP contribution in [-0.2, 0) is 4.79 Å². The molecule has 0 aromatic heterocycles. The largest absolute Gasteiger partial charge is 0.389 e. The number of hydrogen-bond donors (Lipinski definition) is 1. The van der Waals surface area contributed by atoms with Crippen molar-refractivity contribution >= 4 is 5.78 Å². The minimum absolute atomic E-state index is 0.149. The number of ketones is 1. The Labute approximate surface area is 128 Å². The molecule has 2 nitrogen and oxygen atoms in total. The van der Waals surface area contributed by atoms with Crippen LogP contribution < -0.4 is 0 Å². The van der Waals surface area contributed by atoms with E-state index in [0.717, 1.165) is 25.7 Å². The maximum atomic E-state index is 11.8. The zero-order chi connectivity index (χ0) is 14.9. The summed E-state index contributed by atoms with van der Waals surface area (Å²) < 4.78 is 0. The normalized spacial score (nSPS) is 52.7. The van der Waals surface area contributed by atoms with E-state index in [-0.39, 0.29) is 10.8 Å². The second kappa shape index (κ2) is 4.22. The molecule has 0 bridgehead atoms. The molecule has 2 heteroatoms. The zero-order valence-electron chi connectivity index (χ0n) is 13.5. The molecule has 0 spiro atoms. The van der Waals surface area contributed by atoms with E-state index in [1.807, 2.05) is 6.08 Å². The van der Waals surface area contributed by atoms with Crippen LogP contribution in [0.2, 0.25) is 0 Å². The zero-order valence-corrected chi connectivity index (χ0v) is 13.5. The first kappa shape index (κ1) is 14.0. The third-order valence-corrected chi connectivity index (χ3v) is 7.94. The minimum atomic E-state index is -0.439. The van der Waals surface area contributed by atoms with Crippen molar-refractivity contribution in [2.45, 2.75) is 77.2 Å². The van der Waals surface area contributed by atoms with Gasteiger partial charge in [-0.3, -0.25) is 4.79 Å². The minimum Gasteiger partial charge on any atom is -0.389 e. The van der Waals surface area contributed by atoms with E-state index in [1.165, 1.54) is 31.3 Å². The summed E-state index contributed by atoms with van der Waals surface area (Å²) in [5.74, 6) is 1.36. The number of hydrogen-bond acceptors (Lipinski definition) is 2. The second-order valence-corrected chi connectivity index (χ2v) is 8.68. The topological polar surface area (TPSA) is 37.3 Å². The molecule has 3 fully saturated rings. The Hall–Kier alpha value is -0.630. The number of allylic oxidation sites excluding steroid dienone is 1. The van der Waals surface area contributed by atoms with Gasteiger partial charge < -0.3 is 5.11 Å². The molecule has 4 rings (SSSR count). The SMILES string of the molecule is C[C@@]12CCC[C@@]1(O)[C@H]1CCC3=CC(=O)CC[C@]3(C)[C@@H]1CC2. The molecule has 3 saturated carbocycles. The maximum absolute atomic E-state index is 11.8. The fraction of sp³-hybridized carbons (Fsp3) is 0.842. The van der Waals surface area contributed by atoms with Crippen molar-refractivity contribution in [3.05, 3.63) is 11.6 Å². The van der Waals surface area contributed by atoms with E-state index in [9.17, 15) is 9.90 Å². The van der Waals surface area contributed by atoms with Gasteiger partial charge in [0.15, 0.2) is 5.78 Å². The molecule has 0 radical (unpaired) electrons. The highest BCUT2D eigenvalue weighted by atomic mass is 16.3. The number of carbonyl (C=O) groups excluding carboxylic acids is 1. The third kappa shape index (κ3) is 1.66. The van der Waals surface area contributed by atoms with Gasteiger partial charge >= 0.3 is 0 Å². The lowest BCUT2D eigenvalue weighted by atomic mass is 9.46. The van der Waals surface area contributed by atoms with E-state index in [2.05, 4.69) is 13.8 Å². The monoisotopic (exact) mass is 288 g/mol. The average Bonchev–Trinajstić information content (AvgIpc) is 2.75. The van der Waals surface area contributed by atoms with E-state index in [0.29, 0.717) is 24.0 Å². The number of carbonyl (C=O) groups is 1. The van der Waals surface area contributed by atoms with Crippen molar-refractivity contribution in [1.29, 1.82) is 0 Å². The van der Waals surface area contributed by atoms with Gasteiger partial charge in [0, 0.05) is 6.42 Å². The predicted molar refractivity (Wildman–Crippen MR) is 82.8 cm³/mol. The summed E-state index contributed by atoms with van der Waals surface area (Å²) in [4.78, 5) is 11.8. The fourth-order valence-electron chi connectivity index (χ4n) is 6.52. The molecular formula is C19H28O2. The lowest BCUT2D eigenvalue weighted by Gasteiger charge is -2.60. The van der Waals surface area contributed by atoms with Gasteiger partial charge in [-0.05, 0) is 80.1 Å². The van der Waals surface area contributed by atoms with Crippen LogP contribution in [0.15, 0.2) is 11.6 Å². The Bertz CT molecular complexity index is 522. The average molecular weight is 288 g/mol. The van der Waals surface area contributed by atoms with Gasteiger partial charge in [0.2, 0.25) is 0 Å². The van der Waals surface area contributed by atoms with Crippen LogP contribution in [0.3, 0.4) is 0 Å². The van der Waals surface area contributed by atoms with Crippen molar-refractivity contribution in [3.63, 3.8) is 0 Å². The second-order valence-electron chi connectivity index (χ2n) is 8.68. The van der Waals surface area contributed by atoms with Crippen LogP contribution in [0.25, 0.3) is 0 Å². The standard InChI is InChI=1S/C19H28O2/c1-17-8-3-9-19(17,21)16-5-4-13-12-14(20)6-11-18(13,2)15(16)7-10-17/h12,15-16,21H,3-11H2,1-2H3/t15-,16+,17+,18+,19-/m1/s1. The highest BCUT2D eigenvalue weighted by Crippen LogP contribution is 2.66. The fourth-order valence-corrected chi connectivity index (χ4v) is 6.52. The number of rotatable bonds is 0. The van der Waals surface area contributed by atoms with E-state index in [1.54, 1.807) is 0 Å². The van der Waals surface area contributed by atoms with Crippen molar-refractivity contribution in [2.75, 3.05) is 0 Å². The highest BCUT2D eigenvalue weighted by Gasteiger charge is 2.63. The molecule has 4 aliphatic rings. The van der Waals surface area contributed by atoms with Crippen molar-refractivity contribution in [3.8, 4) is 0 Å². The predicted octanol–water partition coefficient (Wildman–Crippen LogP) is 4.02. The van der Waals surface area contributed by atoms with E-state index < -0.39 is 5.60 Å². The molecule has 116 valence electrons. The van der Waals surface area contributed by atoms with Gasteiger partial charge in [-0.25, -0.2) is 0 Å². The third-order valence-electron chi connectivity index (χ3n) is 7.94. The molecule has 0 aromatic carbocycles. The van der Waals surface area contributed by atoms with E-state index >= 15 is 0 Å². The molecule has 0 aliphatic heterocycles. The summed E-state index contributed by atoms with van der Waals surface area (Å²) in [5.41, 5.74) is 1.28. The van der Waals surface area contributed by atoms with Crippen LogP contribution in [0.4, 0.5) is 0 Å². The van der Waals surface area contributed by atoms with Crippen LogP contribution in [-0.4, -0.2) is 16.5 Å². The molecule has 0 saturated heterocycles. The van der Waals surface area contributed by atoms with Gasteiger partial charge in [-0.2, -0.15) is 0 Å². The Morgan fingerprint density at radius 2 is 1.86 bits per heavy atom. The Morgan fingerprint density at radius 1 is 1.05 bits per heavy atom. The van der Waals surface area contributed by atoms with Crippen molar-refractivity contribution < 1.29 is 9.90 Å². The smallest absolute Gasteiger partial charge is 0.155 e. The summed E-state index contributed by atoms with van der Waals surface area (Å²) in [6.45, 7) is 4.71. The van der Waals surface area contributed by atoms with Crippen LogP contribution in [0.1, 0.15) is 71.6 Å². The molecule has 0 heterocycles. The number of fused-ring (bicyclic) bond motifs is 5. The van der Waals surface area contributed by atoms with Gasteiger partial charge in [-0.15, -0.1) is 0 Å². The van der Waals surface area contributed by atoms with Crippen molar-refractivity contribution in [2.24, 2.45) is 22.7 Å². The van der Waals surface area contributed by atoms with Gasteiger partial charge in [0.1, 0.15) is 0 Å². The molecule has 5 atom stereocenters. The first-order valence-corrected chi connectivity index (χ1v) is 8.85. The quantitative estimate of drug-likeness (QED) is 0.731. The maximum Gasteiger partial charge on any atom is 0.155 e. The molecule has 4 aliphatic carbocycles. The van der Waals surface area contributed by atoms with Crippen LogP contribution in [0, 0.1) is 22.7 Å². The molecule has 0 aromatic rings.